The highest BCUT2D eigenvalue weighted by Gasteiger charge is 2.39. The lowest BCUT2D eigenvalue weighted by Gasteiger charge is -2.27. The van der Waals surface area contributed by atoms with Crippen LogP contribution in [0.4, 0.5) is 0 Å². The van der Waals surface area contributed by atoms with Crippen molar-refractivity contribution in [3.05, 3.63) is 63.7 Å². The number of benzene rings is 2. The molecule has 3 aliphatic rings. The third-order valence-electron chi connectivity index (χ3n) is 6.79. The molecule has 2 aromatic carbocycles. The molecule has 2 aromatic rings. The maximum Gasteiger partial charge on any atom is 0.255 e. The van der Waals surface area contributed by atoms with E-state index in [2.05, 4.69) is 10.2 Å². The lowest BCUT2D eigenvalue weighted by Crippen LogP contribution is -2.46. The van der Waals surface area contributed by atoms with Gasteiger partial charge in [-0.25, -0.2) is 0 Å². The SMILES string of the molecule is O=C1CCC[C@H](N2Cc3c(OCc4ccc(CN5CCOCC5)c(Cl)c4)cccc3C2=O)C(=O)N1. The summed E-state index contributed by atoms with van der Waals surface area (Å²) < 4.78 is 11.5. The van der Waals surface area contributed by atoms with E-state index in [1.54, 1.807) is 17.0 Å². The van der Waals surface area contributed by atoms with Gasteiger partial charge in [0.1, 0.15) is 18.4 Å². The van der Waals surface area contributed by atoms with Crippen LogP contribution < -0.4 is 10.1 Å². The Labute approximate surface area is 209 Å². The summed E-state index contributed by atoms with van der Waals surface area (Å²) in [7, 11) is 0. The number of amides is 3. The lowest BCUT2D eigenvalue weighted by molar-refractivity contribution is -0.132. The topological polar surface area (TPSA) is 88.2 Å². The number of nitrogens with one attached hydrogen (secondary N) is 1. The van der Waals surface area contributed by atoms with Gasteiger partial charge in [0, 0.05) is 42.2 Å². The number of halogens is 1. The minimum absolute atomic E-state index is 0.213. The molecule has 0 saturated carbocycles. The minimum atomic E-state index is -0.660. The van der Waals surface area contributed by atoms with Crippen LogP contribution in [0.1, 0.15) is 46.3 Å². The average Bonchev–Trinajstić information content (AvgIpc) is 3.09. The van der Waals surface area contributed by atoms with Crippen molar-refractivity contribution in [2.24, 2.45) is 0 Å². The standard InChI is InChI=1S/C26H28ClN3O5/c27-21-13-17(7-8-18(21)14-29-9-11-34-12-10-29)16-35-23-5-1-3-19-20(23)15-30(26(19)33)22-4-2-6-24(31)28-25(22)32/h1,3,5,7-8,13,22H,2,4,6,9-12,14-16H2,(H,28,31,32)/t22-/m0/s1. The van der Waals surface area contributed by atoms with Crippen molar-refractivity contribution in [1.82, 2.24) is 15.1 Å². The highest BCUT2D eigenvalue weighted by molar-refractivity contribution is 6.31. The first-order valence-electron chi connectivity index (χ1n) is 12.0. The molecule has 9 heteroatoms. The molecule has 1 atom stereocenters. The van der Waals surface area contributed by atoms with Crippen molar-refractivity contribution >= 4 is 29.3 Å². The van der Waals surface area contributed by atoms with Crippen LogP contribution in [-0.2, 0) is 34.0 Å². The summed E-state index contributed by atoms with van der Waals surface area (Å²) in [6.45, 7) is 4.65. The number of rotatable bonds is 6. The third kappa shape index (κ3) is 5.19. The van der Waals surface area contributed by atoms with Crippen molar-refractivity contribution in [3.8, 4) is 5.75 Å². The number of carbonyl (C=O) groups excluding carboxylic acids is 3. The van der Waals surface area contributed by atoms with Gasteiger partial charge in [0.15, 0.2) is 0 Å². The summed E-state index contributed by atoms with van der Waals surface area (Å²) in [5, 5.41) is 3.09. The first-order valence-corrected chi connectivity index (χ1v) is 12.3. The normalized spacial score (nSPS) is 21.0. The zero-order valence-electron chi connectivity index (χ0n) is 19.4. The molecule has 0 aromatic heterocycles. The fourth-order valence-corrected chi connectivity index (χ4v) is 5.11. The first-order chi connectivity index (χ1) is 17.0. The van der Waals surface area contributed by atoms with Gasteiger partial charge >= 0.3 is 0 Å². The van der Waals surface area contributed by atoms with Gasteiger partial charge in [-0.3, -0.25) is 24.6 Å². The molecule has 3 heterocycles. The van der Waals surface area contributed by atoms with E-state index in [0.29, 0.717) is 42.2 Å². The summed E-state index contributed by atoms with van der Waals surface area (Å²) in [4.78, 5) is 41.2. The summed E-state index contributed by atoms with van der Waals surface area (Å²) >= 11 is 6.56. The Hall–Kier alpha value is -2.94. The van der Waals surface area contributed by atoms with Crippen LogP contribution in [0.2, 0.25) is 5.02 Å². The summed E-state index contributed by atoms with van der Waals surface area (Å²) in [5.74, 6) is -0.310. The van der Waals surface area contributed by atoms with Crippen LogP contribution in [0.5, 0.6) is 5.75 Å². The van der Waals surface area contributed by atoms with Gasteiger partial charge in [-0.05, 0) is 42.2 Å². The summed E-state index contributed by atoms with van der Waals surface area (Å²) in [6.07, 6.45) is 1.32. The third-order valence-corrected chi connectivity index (χ3v) is 7.14. The molecular weight excluding hydrogens is 470 g/mol. The smallest absolute Gasteiger partial charge is 0.255 e. The first kappa shape index (κ1) is 23.8. The molecule has 3 amide bonds. The van der Waals surface area contributed by atoms with Crippen molar-refractivity contribution < 1.29 is 23.9 Å². The zero-order chi connectivity index (χ0) is 24.4. The molecule has 0 aliphatic carbocycles. The van der Waals surface area contributed by atoms with Gasteiger partial charge in [0.05, 0.1) is 19.8 Å². The van der Waals surface area contributed by atoms with E-state index in [1.165, 1.54) is 0 Å². The fourth-order valence-electron chi connectivity index (χ4n) is 4.85. The molecule has 184 valence electrons. The second-order valence-corrected chi connectivity index (χ2v) is 9.55. The molecular formula is C26H28ClN3O5. The molecule has 0 spiro atoms. The van der Waals surface area contributed by atoms with Gasteiger partial charge in [0.2, 0.25) is 11.8 Å². The van der Waals surface area contributed by atoms with E-state index in [-0.39, 0.29) is 18.4 Å². The Kier molecular flexibility index (Phi) is 7.04. The van der Waals surface area contributed by atoms with Crippen LogP contribution in [0.25, 0.3) is 0 Å². The van der Waals surface area contributed by atoms with Crippen LogP contribution in [0.3, 0.4) is 0 Å². The van der Waals surface area contributed by atoms with Gasteiger partial charge in [-0.15, -0.1) is 0 Å². The van der Waals surface area contributed by atoms with E-state index in [0.717, 1.165) is 49.5 Å². The number of morpholine rings is 1. The van der Waals surface area contributed by atoms with Crippen molar-refractivity contribution in [2.75, 3.05) is 26.3 Å². The van der Waals surface area contributed by atoms with Gasteiger partial charge < -0.3 is 14.4 Å². The number of nitrogens with zero attached hydrogens (tertiary/aromatic N) is 2. The van der Waals surface area contributed by atoms with Crippen LogP contribution in [-0.4, -0.2) is 59.9 Å². The molecule has 3 aliphatic heterocycles. The molecule has 2 fully saturated rings. The Morgan fingerprint density at radius 2 is 1.94 bits per heavy atom. The van der Waals surface area contributed by atoms with Gasteiger partial charge in [-0.1, -0.05) is 29.8 Å². The highest BCUT2D eigenvalue weighted by atomic mass is 35.5. The summed E-state index contributed by atoms with van der Waals surface area (Å²) in [5.41, 5.74) is 3.29. The number of fused-ring (bicyclic) bond motifs is 1. The molecule has 35 heavy (non-hydrogen) atoms. The predicted molar refractivity (Wildman–Crippen MR) is 129 cm³/mol. The van der Waals surface area contributed by atoms with Crippen molar-refractivity contribution in [1.29, 1.82) is 0 Å². The number of imide groups is 1. The summed E-state index contributed by atoms with van der Waals surface area (Å²) in [6, 6.07) is 10.7. The van der Waals surface area contributed by atoms with Crippen molar-refractivity contribution in [3.63, 3.8) is 0 Å². The maximum absolute atomic E-state index is 13.1. The number of hydrogen-bond acceptors (Lipinski definition) is 6. The lowest BCUT2D eigenvalue weighted by atomic mass is 10.1. The van der Waals surface area contributed by atoms with Crippen molar-refractivity contribution in [2.45, 2.75) is 45.0 Å². The second-order valence-electron chi connectivity index (χ2n) is 9.14. The predicted octanol–water partition coefficient (Wildman–Crippen LogP) is 2.90. The van der Waals surface area contributed by atoms with E-state index >= 15 is 0 Å². The van der Waals surface area contributed by atoms with Gasteiger partial charge in [-0.2, -0.15) is 0 Å². The Morgan fingerprint density at radius 3 is 2.74 bits per heavy atom. The molecule has 8 nitrogen and oxygen atoms in total. The molecule has 0 radical (unpaired) electrons. The van der Waals surface area contributed by atoms with Gasteiger partial charge in [0.25, 0.3) is 5.91 Å². The Balaban J connectivity index is 1.26. The quantitative estimate of drug-likeness (QED) is 0.617. The molecule has 0 unspecified atom stereocenters. The largest absolute Gasteiger partial charge is 0.489 e. The zero-order valence-corrected chi connectivity index (χ0v) is 20.2. The van der Waals surface area contributed by atoms with Crippen LogP contribution in [0, 0.1) is 0 Å². The molecule has 5 rings (SSSR count). The van der Waals surface area contributed by atoms with E-state index < -0.39 is 11.9 Å². The highest BCUT2D eigenvalue weighted by Crippen LogP contribution is 2.34. The minimum Gasteiger partial charge on any atom is -0.489 e. The molecule has 1 N–H and O–H groups in total. The molecule has 2 saturated heterocycles. The average molecular weight is 498 g/mol. The van der Waals surface area contributed by atoms with E-state index in [9.17, 15) is 14.4 Å². The van der Waals surface area contributed by atoms with E-state index in [1.807, 2.05) is 24.3 Å². The maximum atomic E-state index is 13.1. The second kappa shape index (κ2) is 10.4. The van der Waals surface area contributed by atoms with Crippen LogP contribution in [0.15, 0.2) is 36.4 Å². The molecule has 0 bridgehead atoms. The Bertz CT molecular complexity index is 1150. The monoisotopic (exact) mass is 497 g/mol. The number of ether oxygens (including phenoxy) is 2. The number of carbonyl (C=O) groups is 3. The Morgan fingerprint density at radius 1 is 1.11 bits per heavy atom. The van der Waals surface area contributed by atoms with E-state index in [4.69, 9.17) is 21.1 Å². The van der Waals surface area contributed by atoms with Crippen LogP contribution >= 0.6 is 11.6 Å². The fraction of sp³-hybridized carbons (Fsp3) is 0.423. The number of hydrogen-bond donors (Lipinski definition) is 1.